The van der Waals surface area contributed by atoms with Crippen LogP contribution in [0, 0.1) is 3.57 Å². The van der Waals surface area contributed by atoms with Crippen LogP contribution in [0.4, 0.5) is 10.5 Å². The van der Waals surface area contributed by atoms with E-state index in [4.69, 9.17) is 9.47 Å². The normalized spacial score (nSPS) is 14.0. The molecule has 8 nitrogen and oxygen atoms in total. The lowest BCUT2D eigenvalue weighted by Crippen LogP contribution is -2.38. The molecule has 0 spiro atoms. The molecular formula is C28H26IN3O5. The van der Waals surface area contributed by atoms with Crippen LogP contribution < -0.4 is 20.1 Å². The maximum Gasteiger partial charge on any atom is 0.329 e. The standard InChI is InChI=1S/C28H26IN3O5/c1-3-20-6-4-5-7-22(20)30-26(33)16-32-27(34)23(31-28(32)35)14-19-10-13-24(25(15-19)36-2)37-17-18-8-11-21(29)12-9-18/h4-15H,3,16-17H2,1-2H3,(H,30,33)(H,31,35)/b23-14+. The van der Waals surface area contributed by atoms with Gasteiger partial charge in [-0.25, -0.2) is 9.69 Å². The summed E-state index contributed by atoms with van der Waals surface area (Å²) in [5.41, 5.74) is 3.35. The van der Waals surface area contributed by atoms with Gasteiger partial charge in [-0.15, -0.1) is 0 Å². The number of nitrogens with one attached hydrogen (secondary N) is 2. The molecule has 0 aliphatic carbocycles. The molecule has 1 fully saturated rings. The van der Waals surface area contributed by atoms with Gasteiger partial charge in [0.15, 0.2) is 11.5 Å². The number of ether oxygens (including phenoxy) is 2. The zero-order valence-corrected chi connectivity index (χ0v) is 22.6. The lowest BCUT2D eigenvalue weighted by molar-refractivity contribution is -0.127. The molecule has 4 amide bonds. The van der Waals surface area contributed by atoms with Gasteiger partial charge >= 0.3 is 6.03 Å². The van der Waals surface area contributed by atoms with E-state index in [2.05, 4.69) is 33.2 Å². The number of hydrogen-bond donors (Lipinski definition) is 2. The minimum absolute atomic E-state index is 0.0707. The highest BCUT2D eigenvalue weighted by Gasteiger charge is 2.35. The summed E-state index contributed by atoms with van der Waals surface area (Å²) in [6.45, 7) is 1.97. The molecule has 1 saturated heterocycles. The smallest absolute Gasteiger partial charge is 0.329 e. The SMILES string of the molecule is CCc1ccccc1NC(=O)CN1C(=O)N/C(=C/c2ccc(OCc3ccc(I)cc3)c(OC)c2)C1=O. The molecule has 0 atom stereocenters. The third kappa shape index (κ3) is 6.48. The van der Waals surface area contributed by atoms with E-state index in [1.165, 1.54) is 13.2 Å². The van der Waals surface area contributed by atoms with Crippen molar-refractivity contribution in [1.82, 2.24) is 10.2 Å². The average molecular weight is 611 g/mol. The number of halogens is 1. The Hall–Kier alpha value is -3.86. The summed E-state index contributed by atoms with van der Waals surface area (Å²) in [6.07, 6.45) is 2.28. The summed E-state index contributed by atoms with van der Waals surface area (Å²) in [5.74, 6) is 0.00183. The average Bonchev–Trinajstić information content (AvgIpc) is 3.16. The van der Waals surface area contributed by atoms with Gasteiger partial charge in [0.25, 0.3) is 5.91 Å². The molecule has 0 saturated carbocycles. The second-order valence-electron chi connectivity index (χ2n) is 8.26. The van der Waals surface area contributed by atoms with Crippen LogP contribution in [-0.4, -0.2) is 36.4 Å². The molecule has 0 unspecified atom stereocenters. The first-order valence-electron chi connectivity index (χ1n) is 11.7. The number of rotatable bonds is 9. The van der Waals surface area contributed by atoms with Crippen molar-refractivity contribution in [3.8, 4) is 11.5 Å². The molecule has 2 N–H and O–H groups in total. The summed E-state index contributed by atoms with van der Waals surface area (Å²) in [6, 6.07) is 20.0. The van der Waals surface area contributed by atoms with E-state index in [1.54, 1.807) is 24.3 Å². The largest absolute Gasteiger partial charge is 0.493 e. The monoisotopic (exact) mass is 611 g/mol. The molecule has 3 aromatic rings. The number of carbonyl (C=O) groups excluding carboxylic acids is 3. The number of urea groups is 1. The number of methoxy groups -OCH3 is 1. The van der Waals surface area contributed by atoms with E-state index < -0.39 is 24.4 Å². The van der Waals surface area contributed by atoms with Gasteiger partial charge in [0.2, 0.25) is 5.91 Å². The Balaban J connectivity index is 1.43. The minimum Gasteiger partial charge on any atom is -0.493 e. The zero-order chi connectivity index (χ0) is 26.4. The predicted octanol–water partition coefficient (Wildman–Crippen LogP) is 4.97. The number of nitrogens with zero attached hydrogens (tertiary/aromatic N) is 1. The first kappa shape index (κ1) is 26.2. The minimum atomic E-state index is -0.653. The van der Waals surface area contributed by atoms with E-state index >= 15 is 0 Å². The fourth-order valence-corrected chi connectivity index (χ4v) is 4.16. The lowest BCUT2D eigenvalue weighted by atomic mass is 10.1. The second kappa shape index (κ2) is 11.9. The fraction of sp³-hybridized carbons (Fsp3) is 0.179. The summed E-state index contributed by atoms with van der Waals surface area (Å²) in [7, 11) is 1.53. The van der Waals surface area contributed by atoms with Crippen LogP contribution in [0.15, 0.2) is 72.4 Å². The Kier molecular flexibility index (Phi) is 8.44. The molecule has 0 bridgehead atoms. The van der Waals surface area contributed by atoms with Crippen molar-refractivity contribution in [2.45, 2.75) is 20.0 Å². The van der Waals surface area contributed by atoms with E-state index in [0.717, 1.165) is 26.0 Å². The van der Waals surface area contributed by atoms with Gasteiger partial charge in [-0.05, 0) is 82.1 Å². The molecule has 190 valence electrons. The van der Waals surface area contributed by atoms with Gasteiger partial charge in [-0.1, -0.05) is 43.3 Å². The lowest BCUT2D eigenvalue weighted by Gasteiger charge is -2.13. The van der Waals surface area contributed by atoms with Crippen molar-refractivity contribution in [2.75, 3.05) is 19.0 Å². The summed E-state index contributed by atoms with van der Waals surface area (Å²) in [4.78, 5) is 38.8. The van der Waals surface area contributed by atoms with E-state index in [-0.39, 0.29) is 5.70 Å². The van der Waals surface area contributed by atoms with Crippen LogP contribution in [0.25, 0.3) is 6.08 Å². The zero-order valence-electron chi connectivity index (χ0n) is 20.4. The van der Waals surface area contributed by atoms with Crippen molar-refractivity contribution in [1.29, 1.82) is 0 Å². The summed E-state index contributed by atoms with van der Waals surface area (Å²) >= 11 is 2.25. The van der Waals surface area contributed by atoms with Gasteiger partial charge in [-0.2, -0.15) is 0 Å². The molecule has 1 aliphatic heterocycles. The van der Waals surface area contributed by atoms with Crippen molar-refractivity contribution >= 4 is 52.2 Å². The number of aryl methyl sites for hydroxylation is 1. The van der Waals surface area contributed by atoms with Gasteiger partial charge in [0.1, 0.15) is 18.8 Å². The number of imide groups is 1. The highest BCUT2D eigenvalue weighted by molar-refractivity contribution is 14.1. The number of carbonyl (C=O) groups is 3. The Labute approximate surface area is 228 Å². The number of para-hydroxylation sites is 1. The van der Waals surface area contributed by atoms with Crippen molar-refractivity contribution in [2.24, 2.45) is 0 Å². The third-order valence-electron chi connectivity index (χ3n) is 5.74. The molecule has 37 heavy (non-hydrogen) atoms. The van der Waals surface area contributed by atoms with E-state index in [9.17, 15) is 14.4 Å². The Bertz CT molecular complexity index is 1350. The highest BCUT2D eigenvalue weighted by Crippen LogP contribution is 2.30. The van der Waals surface area contributed by atoms with Crippen LogP contribution in [0.5, 0.6) is 11.5 Å². The van der Waals surface area contributed by atoms with Gasteiger partial charge in [-0.3, -0.25) is 9.59 Å². The van der Waals surface area contributed by atoms with E-state index in [1.807, 2.05) is 49.4 Å². The molecule has 0 aromatic heterocycles. The number of hydrogen-bond acceptors (Lipinski definition) is 5. The van der Waals surface area contributed by atoms with Gasteiger partial charge in [0, 0.05) is 9.26 Å². The van der Waals surface area contributed by atoms with Gasteiger partial charge < -0.3 is 20.1 Å². The summed E-state index contributed by atoms with van der Waals surface area (Å²) < 4.78 is 12.5. The van der Waals surface area contributed by atoms with Crippen LogP contribution in [0.3, 0.4) is 0 Å². The second-order valence-corrected chi connectivity index (χ2v) is 9.51. The number of anilines is 1. The van der Waals surface area contributed by atoms with Crippen molar-refractivity contribution < 1.29 is 23.9 Å². The summed E-state index contributed by atoms with van der Waals surface area (Å²) in [5, 5.41) is 5.32. The predicted molar refractivity (Wildman–Crippen MR) is 149 cm³/mol. The highest BCUT2D eigenvalue weighted by atomic mass is 127. The van der Waals surface area contributed by atoms with Crippen molar-refractivity contribution in [3.63, 3.8) is 0 Å². The molecule has 4 rings (SSSR count). The van der Waals surface area contributed by atoms with E-state index in [0.29, 0.717) is 29.4 Å². The van der Waals surface area contributed by atoms with Crippen LogP contribution in [0.1, 0.15) is 23.6 Å². The number of benzene rings is 3. The Morgan fingerprint density at radius 2 is 1.81 bits per heavy atom. The van der Waals surface area contributed by atoms with Crippen LogP contribution in [0.2, 0.25) is 0 Å². The van der Waals surface area contributed by atoms with Crippen molar-refractivity contribution in [3.05, 3.63) is 92.7 Å². The maximum absolute atomic E-state index is 12.9. The third-order valence-corrected chi connectivity index (χ3v) is 6.46. The van der Waals surface area contributed by atoms with Gasteiger partial charge in [0.05, 0.1) is 7.11 Å². The van der Waals surface area contributed by atoms with Crippen LogP contribution >= 0.6 is 22.6 Å². The Morgan fingerprint density at radius 3 is 2.54 bits per heavy atom. The van der Waals surface area contributed by atoms with Crippen LogP contribution in [-0.2, 0) is 22.6 Å². The first-order valence-corrected chi connectivity index (χ1v) is 12.7. The molecule has 3 aromatic carbocycles. The fourth-order valence-electron chi connectivity index (χ4n) is 3.80. The quantitative estimate of drug-likeness (QED) is 0.202. The maximum atomic E-state index is 12.9. The molecule has 0 radical (unpaired) electrons. The molecular weight excluding hydrogens is 585 g/mol. The first-order chi connectivity index (χ1) is 17.9. The molecule has 9 heteroatoms. The molecule has 1 heterocycles. The molecule has 1 aliphatic rings. The Morgan fingerprint density at radius 1 is 1.05 bits per heavy atom. The number of amides is 4. The topological polar surface area (TPSA) is 97.0 Å².